The van der Waals surface area contributed by atoms with E-state index in [4.69, 9.17) is 5.11 Å². The second-order valence-electron chi connectivity index (χ2n) is 3.13. The summed E-state index contributed by atoms with van der Waals surface area (Å²) in [6.07, 6.45) is 2.29. The van der Waals surface area contributed by atoms with Gasteiger partial charge in [0, 0.05) is 13.5 Å². The number of anilines is 1. The first kappa shape index (κ1) is 11.2. The average molecular weight is 211 g/mol. The number of carbonyl (C=O) groups is 2. The number of amides is 1. The van der Waals surface area contributed by atoms with Gasteiger partial charge in [0.05, 0.1) is 6.20 Å². The highest BCUT2D eigenvalue weighted by Gasteiger charge is 2.16. The summed E-state index contributed by atoms with van der Waals surface area (Å²) in [4.78, 5) is 22.1. The van der Waals surface area contributed by atoms with E-state index in [-0.39, 0.29) is 17.3 Å². The topological polar surface area (TPSA) is 84.2 Å². The summed E-state index contributed by atoms with van der Waals surface area (Å²) < 4.78 is 1.33. The zero-order chi connectivity index (χ0) is 11.4. The first-order valence-electron chi connectivity index (χ1n) is 4.61. The van der Waals surface area contributed by atoms with E-state index in [9.17, 15) is 9.59 Å². The van der Waals surface area contributed by atoms with Gasteiger partial charge in [-0.3, -0.25) is 9.48 Å². The van der Waals surface area contributed by atoms with Gasteiger partial charge in [0.1, 0.15) is 11.4 Å². The predicted octanol–water partition coefficient (Wildman–Crippen LogP) is 0.857. The van der Waals surface area contributed by atoms with Crippen molar-refractivity contribution in [3.05, 3.63) is 11.8 Å². The van der Waals surface area contributed by atoms with Crippen molar-refractivity contribution in [1.82, 2.24) is 9.78 Å². The van der Waals surface area contributed by atoms with Gasteiger partial charge >= 0.3 is 5.97 Å². The average Bonchev–Trinajstić information content (AvgIpc) is 2.48. The van der Waals surface area contributed by atoms with Gasteiger partial charge in [0.15, 0.2) is 0 Å². The van der Waals surface area contributed by atoms with E-state index in [0.717, 1.165) is 0 Å². The third-order valence-electron chi connectivity index (χ3n) is 1.90. The minimum atomic E-state index is -1.10. The van der Waals surface area contributed by atoms with Gasteiger partial charge in [0.25, 0.3) is 0 Å². The number of hydrogen-bond acceptors (Lipinski definition) is 3. The Kier molecular flexibility index (Phi) is 3.43. The number of aromatic carboxylic acids is 1. The van der Waals surface area contributed by atoms with Crippen molar-refractivity contribution < 1.29 is 14.7 Å². The van der Waals surface area contributed by atoms with E-state index in [2.05, 4.69) is 10.4 Å². The number of aromatic nitrogens is 2. The van der Waals surface area contributed by atoms with Crippen molar-refractivity contribution in [3.63, 3.8) is 0 Å². The third-order valence-corrected chi connectivity index (χ3v) is 1.90. The van der Waals surface area contributed by atoms with Crippen LogP contribution < -0.4 is 5.32 Å². The van der Waals surface area contributed by atoms with Crippen molar-refractivity contribution in [3.8, 4) is 0 Å². The molecule has 6 nitrogen and oxygen atoms in total. The summed E-state index contributed by atoms with van der Waals surface area (Å²) in [5, 5.41) is 15.1. The fourth-order valence-corrected chi connectivity index (χ4v) is 1.16. The molecule has 1 aromatic rings. The fourth-order valence-electron chi connectivity index (χ4n) is 1.16. The van der Waals surface area contributed by atoms with Crippen molar-refractivity contribution in [2.24, 2.45) is 7.05 Å². The van der Waals surface area contributed by atoms with Crippen molar-refractivity contribution in [1.29, 1.82) is 0 Å². The molecular weight excluding hydrogens is 198 g/mol. The predicted molar refractivity (Wildman–Crippen MR) is 53.7 cm³/mol. The summed E-state index contributed by atoms with van der Waals surface area (Å²) in [6, 6.07) is 0. The van der Waals surface area contributed by atoms with Crippen molar-refractivity contribution in [2.75, 3.05) is 5.32 Å². The Hall–Kier alpha value is -1.85. The quantitative estimate of drug-likeness (QED) is 0.773. The first-order chi connectivity index (χ1) is 7.06. The summed E-state index contributed by atoms with van der Waals surface area (Å²) in [6.45, 7) is 1.88. The van der Waals surface area contributed by atoms with Crippen LogP contribution in [0.4, 0.5) is 5.82 Å². The molecule has 0 saturated heterocycles. The molecule has 0 aliphatic heterocycles. The summed E-state index contributed by atoms with van der Waals surface area (Å²) in [5.41, 5.74) is 0.00181. The molecule has 6 heteroatoms. The molecule has 1 aromatic heterocycles. The smallest absolute Gasteiger partial charge is 0.341 e. The van der Waals surface area contributed by atoms with E-state index in [1.807, 2.05) is 6.92 Å². The second kappa shape index (κ2) is 4.59. The maximum absolute atomic E-state index is 11.3. The van der Waals surface area contributed by atoms with Crippen LogP contribution in [0.1, 0.15) is 30.1 Å². The van der Waals surface area contributed by atoms with Crippen LogP contribution in [0.2, 0.25) is 0 Å². The number of nitrogens with one attached hydrogen (secondary N) is 1. The van der Waals surface area contributed by atoms with Gasteiger partial charge in [0.2, 0.25) is 5.91 Å². The van der Waals surface area contributed by atoms with Crippen LogP contribution in [0.3, 0.4) is 0 Å². The molecule has 15 heavy (non-hydrogen) atoms. The van der Waals surface area contributed by atoms with Gasteiger partial charge in [-0.25, -0.2) is 4.79 Å². The minimum Gasteiger partial charge on any atom is -0.477 e. The highest BCUT2D eigenvalue weighted by molar-refractivity contribution is 5.99. The number of aryl methyl sites for hydroxylation is 1. The van der Waals surface area contributed by atoms with E-state index in [1.165, 1.54) is 10.9 Å². The Morgan fingerprint density at radius 1 is 1.60 bits per heavy atom. The van der Waals surface area contributed by atoms with Crippen LogP contribution >= 0.6 is 0 Å². The van der Waals surface area contributed by atoms with E-state index in [0.29, 0.717) is 12.8 Å². The maximum Gasteiger partial charge on any atom is 0.341 e. The Bertz CT molecular complexity index is 384. The molecule has 0 unspecified atom stereocenters. The van der Waals surface area contributed by atoms with Crippen LogP contribution in [-0.2, 0) is 11.8 Å². The Morgan fingerprint density at radius 3 is 2.80 bits per heavy atom. The Labute approximate surface area is 86.9 Å². The molecule has 0 spiro atoms. The largest absolute Gasteiger partial charge is 0.477 e. The molecule has 82 valence electrons. The molecule has 1 heterocycles. The molecular formula is C9H13N3O3. The second-order valence-corrected chi connectivity index (χ2v) is 3.13. The van der Waals surface area contributed by atoms with Crippen molar-refractivity contribution in [2.45, 2.75) is 19.8 Å². The summed E-state index contributed by atoms with van der Waals surface area (Å²) in [5.74, 6) is -1.08. The van der Waals surface area contributed by atoms with Crippen LogP contribution in [0.5, 0.6) is 0 Å². The van der Waals surface area contributed by atoms with Crippen LogP contribution in [0.15, 0.2) is 6.20 Å². The number of rotatable bonds is 4. The van der Waals surface area contributed by atoms with Crippen molar-refractivity contribution >= 4 is 17.7 Å². The standard InChI is InChI=1S/C9H13N3O3/c1-3-4-7(13)11-8-6(9(14)15)5-10-12(8)2/h5H,3-4H2,1-2H3,(H,11,13)(H,14,15). The summed E-state index contributed by atoms with van der Waals surface area (Å²) in [7, 11) is 1.58. The third kappa shape index (κ3) is 2.55. The van der Waals surface area contributed by atoms with Gasteiger partial charge in [-0.2, -0.15) is 5.10 Å². The minimum absolute atomic E-state index is 0.00181. The van der Waals surface area contributed by atoms with Gasteiger partial charge in [-0.05, 0) is 6.42 Å². The molecule has 0 radical (unpaired) electrons. The molecule has 0 fully saturated rings. The zero-order valence-electron chi connectivity index (χ0n) is 8.65. The Morgan fingerprint density at radius 2 is 2.27 bits per heavy atom. The lowest BCUT2D eigenvalue weighted by Gasteiger charge is -2.05. The van der Waals surface area contributed by atoms with Gasteiger partial charge < -0.3 is 10.4 Å². The fraction of sp³-hybridized carbons (Fsp3) is 0.444. The normalized spacial score (nSPS) is 10.0. The lowest BCUT2D eigenvalue weighted by molar-refractivity contribution is -0.116. The van der Waals surface area contributed by atoms with Crippen LogP contribution in [0, 0.1) is 0 Å². The lowest BCUT2D eigenvalue weighted by atomic mass is 10.3. The maximum atomic E-state index is 11.3. The summed E-state index contributed by atoms with van der Waals surface area (Å²) >= 11 is 0. The number of nitrogens with zero attached hydrogens (tertiary/aromatic N) is 2. The molecule has 2 N–H and O–H groups in total. The van der Waals surface area contributed by atoms with Gasteiger partial charge in [-0.15, -0.1) is 0 Å². The number of carboxylic acids is 1. The molecule has 1 amide bonds. The SMILES string of the molecule is CCCC(=O)Nc1c(C(=O)O)cnn1C. The molecule has 0 aliphatic rings. The lowest BCUT2D eigenvalue weighted by Crippen LogP contribution is -2.16. The highest BCUT2D eigenvalue weighted by atomic mass is 16.4. The number of hydrogen-bond donors (Lipinski definition) is 2. The highest BCUT2D eigenvalue weighted by Crippen LogP contribution is 2.14. The zero-order valence-corrected chi connectivity index (χ0v) is 8.65. The van der Waals surface area contributed by atoms with E-state index < -0.39 is 5.97 Å². The molecule has 0 aromatic carbocycles. The van der Waals surface area contributed by atoms with Crippen LogP contribution in [0.25, 0.3) is 0 Å². The molecule has 0 aliphatic carbocycles. The molecule has 0 atom stereocenters. The number of carboxylic acid groups (broad SMARTS) is 1. The number of carbonyl (C=O) groups excluding carboxylic acids is 1. The molecule has 1 rings (SSSR count). The molecule has 0 saturated carbocycles. The van der Waals surface area contributed by atoms with E-state index in [1.54, 1.807) is 7.05 Å². The monoisotopic (exact) mass is 211 g/mol. The van der Waals surface area contributed by atoms with E-state index >= 15 is 0 Å². The first-order valence-corrected chi connectivity index (χ1v) is 4.61. The van der Waals surface area contributed by atoms with Gasteiger partial charge in [-0.1, -0.05) is 6.92 Å². The molecule has 0 bridgehead atoms. The van der Waals surface area contributed by atoms with Crippen LogP contribution in [-0.4, -0.2) is 26.8 Å². The Balaban J connectivity index is 2.88.